The number of nitrogens with zero attached hydrogens (tertiary/aromatic N) is 2. The lowest BCUT2D eigenvalue weighted by molar-refractivity contribution is 0.0827. The van der Waals surface area contributed by atoms with Crippen LogP contribution in [-0.2, 0) is 13.1 Å². The van der Waals surface area contributed by atoms with Gasteiger partial charge in [-0.2, -0.15) is 0 Å². The Hall–Kier alpha value is -3.35. The van der Waals surface area contributed by atoms with Crippen LogP contribution in [0.5, 0.6) is 0 Å². The van der Waals surface area contributed by atoms with Gasteiger partial charge in [0.05, 0.1) is 0 Å². The van der Waals surface area contributed by atoms with E-state index in [0.29, 0.717) is 30.2 Å². The minimum atomic E-state index is -0.111. The van der Waals surface area contributed by atoms with Crippen LogP contribution in [-0.4, -0.2) is 50.9 Å². The molecule has 0 heterocycles. The lowest BCUT2D eigenvalue weighted by Gasteiger charge is -2.13. The normalized spacial score (nSPS) is 10.9. The smallest absolute Gasteiger partial charge is 0.253 e. The van der Waals surface area contributed by atoms with Gasteiger partial charge in [0.1, 0.15) is 0 Å². The van der Waals surface area contributed by atoms with Gasteiger partial charge in [0.15, 0.2) is 5.96 Å². The Morgan fingerprint density at radius 1 is 0.929 bits per heavy atom. The van der Waals surface area contributed by atoms with Crippen LogP contribution in [0, 0.1) is 0 Å². The fourth-order valence-corrected chi connectivity index (χ4v) is 2.58. The standard InChI is InChI=1S/C21H27N5O2/c1-22-19(27)18-7-5-6-16(12-18)14-25-21(23-2)24-13-15-8-10-17(11-9-15)20(28)26(3)4/h5-12H,13-14H2,1-4H3,(H,22,27)(H2,23,24,25). The van der Waals surface area contributed by atoms with Gasteiger partial charge in [0.25, 0.3) is 11.8 Å². The number of carbonyl (C=O) groups excluding carboxylic acids is 2. The number of guanidine groups is 1. The van der Waals surface area contributed by atoms with Crippen LogP contribution in [0.3, 0.4) is 0 Å². The van der Waals surface area contributed by atoms with Crippen LogP contribution in [0.1, 0.15) is 31.8 Å². The second kappa shape index (κ2) is 10.1. The molecule has 0 spiro atoms. The lowest BCUT2D eigenvalue weighted by Crippen LogP contribution is -2.36. The number of rotatable bonds is 6. The first kappa shape index (κ1) is 21.0. The molecule has 28 heavy (non-hydrogen) atoms. The molecule has 0 aliphatic carbocycles. The topological polar surface area (TPSA) is 85.8 Å². The maximum absolute atomic E-state index is 11.9. The molecule has 7 nitrogen and oxygen atoms in total. The zero-order valence-electron chi connectivity index (χ0n) is 16.7. The predicted molar refractivity (Wildman–Crippen MR) is 111 cm³/mol. The summed E-state index contributed by atoms with van der Waals surface area (Å²) in [5, 5.41) is 9.09. The van der Waals surface area contributed by atoms with Gasteiger partial charge in [-0.15, -0.1) is 0 Å². The SMILES string of the molecule is CN=C(NCc1ccc(C(=O)N(C)C)cc1)NCc1cccc(C(=O)NC)c1. The summed E-state index contributed by atoms with van der Waals surface area (Å²) in [7, 11) is 6.78. The van der Waals surface area contributed by atoms with Crippen molar-refractivity contribution < 1.29 is 9.59 Å². The van der Waals surface area contributed by atoms with Gasteiger partial charge in [0.2, 0.25) is 0 Å². The van der Waals surface area contributed by atoms with Crippen LogP contribution in [0.4, 0.5) is 0 Å². The highest BCUT2D eigenvalue weighted by atomic mass is 16.2. The van der Waals surface area contributed by atoms with Crippen molar-refractivity contribution in [3.63, 3.8) is 0 Å². The molecule has 0 saturated heterocycles. The van der Waals surface area contributed by atoms with E-state index in [1.165, 1.54) is 0 Å². The van der Waals surface area contributed by atoms with Gasteiger partial charge in [-0.25, -0.2) is 0 Å². The summed E-state index contributed by atoms with van der Waals surface area (Å²) in [6.07, 6.45) is 0. The summed E-state index contributed by atoms with van der Waals surface area (Å²) < 4.78 is 0. The Bertz CT molecular complexity index is 844. The van der Waals surface area contributed by atoms with Crippen molar-refractivity contribution in [2.24, 2.45) is 4.99 Å². The van der Waals surface area contributed by atoms with Crippen LogP contribution < -0.4 is 16.0 Å². The van der Waals surface area contributed by atoms with Crippen LogP contribution in [0.25, 0.3) is 0 Å². The Balaban J connectivity index is 1.90. The van der Waals surface area contributed by atoms with Crippen LogP contribution in [0.2, 0.25) is 0 Å². The molecule has 2 rings (SSSR count). The number of carbonyl (C=O) groups is 2. The average molecular weight is 381 g/mol. The highest BCUT2D eigenvalue weighted by molar-refractivity contribution is 5.94. The second-order valence-corrected chi connectivity index (χ2v) is 6.46. The third-order valence-electron chi connectivity index (χ3n) is 4.17. The van der Waals surface area contributed by atoms with Gasteiger partial charge >= 0.3 is 0 Å². The first-order valence-corrected chi connectivity index (χ1v) is 9.00. The highest BCUT2D eigenvalue weighted by Crippen LogP contribution is 2.07. The minimum absolute atomic E-state index is 0.0176. The first-order valence-electron chi connectivity index (χ1n) is 9.00. The van der Waals surface area contributed by atoms with Crippen molar-refractivity contribution >= 4 is 17.8 Å². The van der Waals surface area contributed by atoms with E-state index >= 15 is 0 Å². The molecule has 2 aromatic carbocycles. The maximum atomic E-state index is 11.9. The van der Waals surface area contributed by atoms with E-state index in [0.717, 1.165) is 11.1 Å². The minimum Gasteiger partial charge on any atom is -0.355 e. The van der Waals surface area contributed by atoms with Gasteiger partial charge < -0.3 is 20.9 Å². The molecule has 2 aromatic rings. The second-order valence-electron chi connectivity index (χ2n) is 6.46. The van der Waals surface area contributed by atoms with E-state index in [4.69, 9.17) is 0 Å². The predicted octanol–water partition coefficient (Wildman–Crippen LogP) is 1.61. The fourth-order valence-electron chi connectivity index (χ4n) is 2.58. The summed E-state index contributed by atoms with van der Waals surface area (Å²) in [5.74, 6) is 0.523. The molecule has 0 aliphatic rings. The summed E-state index contributed by atoms with van der Waals surface area (Å²) in [4.78, 5) is 29.4. The highest BCUT2D eigenvalue weighted by Gasteiger charge is 2.08. The van der Waals surface area contributed by atoms with Crippen LogP contribution >= 0.6 is 0 Å². The molecule has 0 atom stereocenters. The fraction of sp³-hybridized carbons (Fsp3) is 0.286. The number of hydrogen-bond acceptors (Lipinski definition) is 3. The maximum Gasteiger partial charge on any atom is 0.253 e. The lowest BCUT2D eigenvalue weighted by atomic mass is 10.1. The Morgan fingerprint density at radius 3 is 2.14 bits per heavy atom. The number of amides is 2. The zero-order chi connectivity index (χ0) is 20.5. The molecular weight excluding hydrogens is 354 g/mol. The van der Waals surface area contributed by atoms with E-state index in [9.17, 15) is 9.59 Å². The van der Waals surface area contributed by atoms with E-state index < -0.39 is 0 Å². The van der Waals surface area contributed by atoms with E-state index in [1.54, 1.807) is 39.2 Å². The van der Waals surface area contributed by atoms with Gasteiger partial charge in [0, 0.05) is 52.4 Å². The molecular formula is C21H27N5O2. The summed E-state index contributed by atoms with van der Waals surface area (Å²) >= 11 is 0. The molecule has 0 radical (unpaired) electrons. The number of hydrogen-bond donors (Lipinski definition) is 3. The van der Waals surface area contributed by atoms with Crippen LogP contribution in [0.15, 0.2) is 53.5 Å². The van der Waals surface area contributed by atoms with Crippen molar-refractivity contribution in [1.29, 1.82) is 0 Å². The van der Waals surface area contributed by atoms with E-state index in [-0.39, 0.29) is 11.8 Å². The van der Waals surface area contributed by atoms with Gasteiger partial charge in [-0.3, -0.25) is 14.6 Å². The molecule has 0 aliphatic heterocycles. The Kier molecular flexibility index (Phi) is 7.56. The van der Waals surface area contributed by atoms with Crippen molar-refractivity contribution in [3.05, 3.63) is 70.8 Å². The third-order valence-corrected chi connectivity index (χ3v) is 4.17. The van der Waals surface area contributed by atoms with Gasteiger partial charge in [-0.05, 0) is 35.4 Å². The summed E-state index contributed by atoms with van der Waals surface area (Å²) in [6, 6.07) is 14.9. The molecule has 0 aromatic heterocycles. The molecule has 148 valence electrons. The molecule has 7 heteroatoms. The Labute approximate surface area is 165 Å². The first-order chi connectivity index (χ1) is 13.4. The molecule has 0 saturated carbocycles. The molecule has 0 bridgehead atoms. The largest absolute Gasteiger partial charge is 0.355 e. The molecule has 0 fully saturated rings. The Morgan fingerprint density at radius 2 is 1.57 bits per heavy atom. The number of nitrogens with one attached hydrogen (secondary N) is 3. The summed E-state index contributed by atoms with van der Waals surface area (Å²) in [6.45, 7) is 1.12. The third kappa shape index (κ3) is 5.84. The van der Waals surface area contributed by atoms with Crippen molar-refractivity contribution in [3.8, 4) is 0 Å². The van der Waals surface area contributed by atoms with E-state index in [1.807, 2.05) is 42.5 Å². The van der Waals surface area contributed by atoms with Crippen molar-refractivity contribution in [2.45, 2.75) is 13.1 Å². The van der Waals surface area contributed by atoms with Crippen molar-refractivity contribution in [1.82, 2.24) is 20.9 Å². The molecule has 3 N–H and O–H groups in total. The van der Waals surface area contributed by atoms with Gasteiger partial charge in [-0.1, -0.05) is 24.3 Å². The summed E-state index contributed by atoms with van der Waals surface area (Å²) in [5.41, 5.74) is 3.31. The number of aliphatic imine (C=N–C) groups is 1. The average Bonchev–Trinajstić information content (AvgIpc) is 2.73. The molecule has 0 unspecified atom stereocenters. The zero-order valence-corrected chi connectivity index (χ0v) is 16.7. The molecule has 2 amide bonds. The monoisotopic (exact) mass is 381 g/mol. The number of benzene rings is 2. The van der Waals surface area contributed by atoms with Crippen molar-refractivity contribution in [2.75, 3.05) is 28.2 Å². The van der Waals surface area contributed by atoms with E-state index in [2.05, 4.69) is 20.9 Å². The quantitative estimate of drug-likeness (QED) is 0.524.